The number of anilines is 2. The van der Waals surface area contributed by atoms with Gasteiger partial charge < -0.3 is 11.1 Å². The first kappa shape index (κ1) is 25.2. The first-order chi connectivity index (χ1) is 16.0. The van der Waals surface area contributed by atoms with Crippen LogP contribution in [-0.2, 0) is 11.2 Å². The van der Waals surface area contributed by atoms with E-state index >= 15 is 0 Å². The van der Waals surface area contributed by atoms with E-state index in [9.17, 15) is 18.4 Å². The van der Waals surface area contributed by atoms with Crippen molar-refractivity contribution >= 4 is 80.5 Å². The van der Waals surface area contributed by atoms with E-state index in [0.29, 0.717) is 5.69 Å². The van der Waals surface area contributed by atoms with Crippen LogP contribution in [0.15, 0.2) is 54.6 Å². The number of hydrogen-bond acceptors (Lipinski definition) is 3. The van der Waals surface area contributed by atoms with Gasteiger partial charge in [-0.2, -0.15) is 0 Å². The number of benzene rings is 3. The summed E-state index contributed by atoms with van der Waals surface area (Å²) in [5.74, 6) is -3.92. The summed E-state index contributed by atoms with van der Waals surface area (Å²) in [4.78, 5) is 25.7. The molecule has 10 heteroatoms. The minimum Gasteiger partial charge on any atom is -0.394 e. The van der Waals surface area contributed by atoms with Crippen molar-refractivity contribution in [1.29, 1.82) is 0 Å². The van der Waals surface area contributed by atoms with Crippen LogP contribution in [0, 0.1) is 21.1 Å². The van der Waals surface area contributed by atoms with Crippen molar-refractivity contribution in [2.45, 2.75) is 16.7 Å². The van der Waals surface area contributed by atoms with Gasteiger partial charge in [-0.05, 0) is 70.1 Å². The normalized spacial score (nSPS) is 18.4. The highest BCUT2D eigenvalue weighted by atomic mass is 127. The fourth-order valence-electron chi connectivity index (χ4n) is 3.82. The maximum Gasteiger partial charge on any atom is 0.231 e. The largest absolute Gasteiger partial charge is 0.394 e. The molecule has 2 atom stereocenters. The van der Waals surface area contributed by atoms with Crippen molar-refractivity contribution in [1.82, 2.24) is 0 Å². The van der Waals surface area contributed by atoms with E-state index in [4.69, 9.17) is 40.5 Å². The van der Waals surface area contributed by atoms with Gasteiger partial charge in [-0.25, -0.2) is 8.78 Å². The summed E-state index contributed by atoms with van der Waals surface area (Å²) >= 11 is 21.2. The number of Topliss-reactive ketones (excluding diaryl/α,β-unsaturated/α-hetero) is 1. The van der Waals surface area contributed by atoms with Gasteiger partial charge in [0.1, 0.15) is 15.8 Å². The molecule has 3 N–H and O–H groups in total. The van der Waals surface area contributed by atoms with Crippen LogP contribution in [0.3, 0.4) is 0 Å². The molecular formula is C24H16Cl3F2IN2O2. The van der Waals surface area contributed by atoms with E-state index in [1.54, 1.807) is 0 Å². The summed E-state index contributed by atoms with van der Waals surface area (Å²) in [5, 5.41) is 2.84. The monoisotopic (exact) mass is 634 g/mol. The summed E-state index contributed by atoms with van der Waals surface area (Å²) < 4.78 is 27.4. The Hall–Kier alpha value is -1.94. The number of ketones is 1. The highest BCUT2D eigenvalue weighted by molar-refractivity contribution is 14.1. The summed E-state index contributed by atoms with van der Waals surface area (Å²) in [6.07, 6.45) is -0.392. The lowest BCUT2D eigenvalue weighted by Gasteiger charge is -2.10. The number of amides is 1. The van der Waals surface area contributed by atoms with E-state index in [2.05, 4.69) is 27.9 Å². The van der Waals surface area contributed by atoms with Gasteiger partial charge >= 0.3 is 0 Å². The number of carbonyl (C=O) groups excluding carboxylic acids is 2. The smallest absolute Gasteiger partial charge is 0.231 e. The molecule has 34 heavy (non-hydrogen) atoms. The predicted octanol–water partition coefficient (Wildman–Crippen LogP) is 6.76. The zero-order valence-electron chi connectivity index (χ0n) is 17.2. The van der Waals surface area contributed by atoms with Crippen LogP contribution in [0.2, 0.25) is 5.02 Å². The SMILES string of the molecule is Nc1c(F)ccc(CC(=O)c2cc(NC(=O)C3C(c4cccc(I)c4)C3(Cl)Cl)ccc2Cl)c1F. The average molecular weight is 636 g/mol. The zero-order chi connectivity index (χ0) is 24.8. The predicted molar refractivity (Wildman–Crippen MR) is 139 cm³/mol. The second kappa shape index (κ2) is 9.60. The number of halogens is 6. The highest BCUT2D eigenvalue weighted by Crippen LogP contribution is 2.65. The molecule has 3 aromatic carbocycles. The number of nitrogens with two attached hydrogens (primary N) is 1. The molecule has 3 aromatic rings. The lowest BCUT2D eigenvalue weighted by Crippen LogP contribution is -2.17. The Morgan fingerprint density at radius 2 is 1.82 bits per heavy atom. The Labute approximate surface area is 222 Å². The van der Waals surface area contributed by atoms with Crippen LogP contribution < -0.4 is 11.1 Å². The molecule has 1 saturated carbocycles. The zero-order valence-corrected chi connectivity index (χ0v) is 21.6. The third kappa shape index (κ3) is 4.89. The quantitative estimate of drug-likeness (QED) is 0.136. The lowest BCUT2D eigenvalue weighted by atomic mass is 10.0. The van der Waals surface area contributed by atoms with Crippen LogP contribution >= 0.6 is 57.4 Å². The van der Waals surface area contributed by atoms with Gasteiger partial charge in [0.2, 0.25) is 5.91 Å². The maximum absolute atomic E-state index is 14.2. The molecule has 0 aromatic heterocycles. The third-order valence-corrected chi connectivity index (χ3v) is 7.58. The topological polar surface area (TPSA) is 72.2 Å². The van der Waals surface area contributed by atoms with Crippen LogP contribution in [0.5, 0.6) is 0 Å². The van der Waals surface area contributed by atoms with Crippen molar-refractivity contribution in [2.75, 3.05) is 11.1 Å². The Balaban J connectivity index is 1.52. The lowest BCUT2D eigenvalue weighted by molar-refractivity contribution is -0.117. The van der Waals surface area contributed by atoms with Gasteiger partial charge in [0.05, 0.1) is 10.9 Å². The Morgan fingerprint density at radius 1 is 1.09 bits per heavy atom. The molecule has 176 valence electrons. The number of hydrogen-bond donors (Lipinski definition) is 2. The molecule has 0 heterocycles. The van der Waals surface area contributed by atoms with Gasteiger partial charge in [0.25, 0.3) is 0 Å². The molecule has 1 fully saturated rings. The number of carbonyl (C=O) groups is 2. The van der Waals surface area contributed by atoms with Crippen molar-refractivity contribution in [3.05, 3.63) is 91.5 Å². The number of nitrogens with one attached hydrogen (secondary N) is 1. The maximum atomic E-state index is 14.2. The van der Waals surface area contributed by atoms with E-state index < -0.39 is 45.7 Å². The second-order valence-corrected chi connectivity index (χ2v) is 11.0. The van der Waals surface area contributed by atoms with Crippen molar-refractivity contribution in [3.8, 4) is 0 Å². The van der Waals surface area contributed by atoms with Gasteiger partial charge in [-0.15, -0.1) is 23.2 Å². The fourth-order valence-corrected chi connectivity index (χ4v) is 5.44. The van der Waals surface area contributed by atoms with Gasteiger partial charge in [-0.1, -0.05) is 29.8 Å². The van der Waals surface area contributed by atoms with E-state index in [0.717, 1.165) is 21.3 Å². The molecule has 0 saturated heterocycles. The van der Waals surface area contributed by atoms with E-state index in [-0.39, 0.29) is 22.1 Å². The molecule has 2 unspecified atom stereocenters. The summed E-state index contributed by atoms with van der Waals surface area (Å²) in [6, 6.07) is 14.1. The van der Waals surface area contributed by atoms with Crippen molar-refractivity contribution in [3.63, 3.8) is 0 Å². The Kier molecular flexibility index (Phi) is 7.11. The first-order valence-electron chi connectivity index (χ1n) is 10.00. The molecule has 1 aliphatic rings. The van der Waals surface area contributed by atoms with Crippen molar-refractivity contribution in [2.24, 2.45) is 5.92 Å². The number of alkyl halides is 2. The minimum atomic E-state index is -1.26. The highest BCUT2D eigenvalue weighted by Gasteiger charge is 2.67. The number of rotatable bonds is 6. The molecule has 4 rings (SSSR count). The third-order valence-electron chi connectivity index (χ3n) is 5.64. The average Bonchev–Trinajstić information content (AvgIpc) is 3.37. The molecule has 1 aliphatic carbocycles. The van der Waals surface area contributed by atoms with Gasteiger partial charge in [0.15, 0.2) is 11.6 Å². The molecule has 0 bridgehead atoms. The minimum absolute atomic E-state index is 0.0646. The van der Waals surface area contributed by atoms with Crippen LogP contribution in [-0.4, -0.2) is 16.0 Å². The Morgan fingerprint density at radius 3 is 2.53 bits per heavy atom. The Bertz CT molecular complexity index is 1320. The molecule has 0 spiro atoms. The first-order valence-corrected chi connectivity index (χ1v) is 12.2. The second-order valence-electron chi connectivity index (χ2n) is 7.90. The summed E-state index contributed by atoms with van der Waals surface area (Å²) in [7, 11) is 0. The summed E-state index contributed by atoms with van der Waals surface area (Å²) in [6.45, 7) is 0. The molecule has 4 nitrogen and oxygen atoms in total. The molecule has 0 aliphatic heterocycles. The van der Waals surface area contributed by atoms with Crippen LogP contribution in [0.1, 0.15) is 27.4 Å². The summed E-state index contributed by atoms with van der Waals surface area (Å²) in [5.41, 5.74) is 5.86. The van der Waals surface area contributed by atoms with Crippen LogP contribution in [0.25, 0.3) is 0 Å². The van der Waals surface area contributed by atoms with E-state index in [1.165, 1.54) is 18.2 Å². The fraction of sp³-hybridized carbons (Fsp3) is 0.167. The number of nitrogen functional groups attached to an aromatic ring is 1. The van der Waals surface area contributed by atoms with Gasteiger partial charge in [0, 0.05) is 27.2 Å². The van der Waals surface area contributed by atoms with Gasteiger partial charge in [-0.3, -0.25) is 9.59 Å². The molecule has 0 radical (unpaired) electrons. The van der Waals surface area contributed by atoms with E-state index in [1.807, 2.05) is 24.3 Å². The molecular weight excluding hydrogens is 620 g/mol. The standard InChI is InChI=1S/C24H16Cl3F2IN2O2/c25-16-6-5-14(10-15(16)18(33)9-12-4-7-17(28)22(31)21(12)29)32-23(34)20-19(24(20,26)27)11-2-1-3-13(30)8-11/h1-8,10,19-20H,9,31H2,(H,32,34). The van der Waals surface area contributed by atoms with Crippen molar-refractivity contribution < 1.29 is 18.4 Å². The molecule has 1 amide bonds. The van der Waals surface area contributed by atoms with Crippen LogP contribution in [0.4, 0.5) is 20.2 Å².